The molecule has 0 aromatic heterocycles. The van der Waals surface area contributed by atoms with Crippen molar-refractivity contribution in [3.8, 4) is 11.5 Å². The van der Waals surface area contributed by atoms with Crippen molar-refractivity contribution in [1.82, 2.24) is 10.2 Å². The maximum Gasteiger partial charge on any atom is 0.326 e. The molecule has 14 nitrogen and oxygen atoms in total. The van der Waals surface area contributed by atoms with Crippen LogP contribution in [-0.4, -0.2) is 104 Å². The van der Waals surface area contributed by atoms with E-state index in [0.29, 0.717) is 19.4 Å². The number of amides is 1. The van der Waals surface area contributed by atoms with Gasteiger partial charge in [0.1, 0.15) is 17.9 Å². The summed E-state index contributed by atoms with van der Waals surface area (Å²) in [6, 6.07) is 1.53. The number of carboxylic acid groups (broad SMARTS) is 2. The molecule has 7 atom stereocenters. The number of piperidine rings is 1. The molecule has 1 spiro atoms. The number of aliphatic hydroxyl groups excluding tert-OH is 1. The Labute approximate surface area is 240 Å². The van der Waals surface area contributed by atoms with Crippen molar-refractivity contribution in [1.29, 1.82) is 0 Å². The van der Waals surface area contributed by atoms with Gasteiger partial charge in [-0.2, -0.15) is 0 Å². The lowest BCUT2D eigenvalue weighted by atomic mass is 9.50. The second kappa shape index (κ2) is 10.8. The first-order chi connectivity index (χ1) is 19.8. The Bertz CT molecular complexity index is 1350. The number of esters is 1. The molecule has 14 heteroatoms. The number of nitrogens with zero attached hydrogens (tertiary/aromatic N) is 1. The normalized spacial score (nSPS) is 29.3. The fourth-order valence-electron chi connectivity index (χ4n) is 6.89. The number of hydrogen-bond acceptors (Lipinski definition) is 11. The van der Waals surface area contributed by atoms with Gasteiger partial charge >= 0.3 is 17.9 Å². The highest BCUT2D eigenvalue weighted by Crippen LogP contribution is 2.65. The Morgan fingerprint density at radius 3 is 2.67 bits per heavy atom. The number of aliphatic hydroxyl groups is 2. The van der Waals surface area contributed by atoms with Gasteiger partial charge in [-0.15, -0.1) is 0 Å². The van der Waals surface area contributed by atoms with Gasteiger partial charge in [0, 0.05) is 24.4 Å². The second-order valence-corrected chi connectivity index (χ2v) is 11.3. The lowest BCUT2D eigenvalue weighted by Crippen LogP contribution is -2.74. The highest BCUT2D eigenvalue weighted by molar-refractivity contribution is 5.88. The maximum atomic E-state index is 12.8. The predicted molar refractivity (Wildman–Crippen MR) is 140 cm³/mol. The van der Waals surface area contributed by atoms with Crippen LogP contribution in [-0.2, 0) is 40.5 Å². The summed E-state index contributed by atoms with van der Waals surface area (Å²) in [5.74, 6) is -4.20. The van der Waals surface area contributed by atoms with Crippen molar-refractivity contribution in [2.24, 2.45) is 0 Å². The van der Waals surface area contributed by atoms with Crippen LogP contribution in [0.1, 0.15) is 50.2 Å². The highest BCUT2D eigenvalue weighted by Gasteiger charge is 2.72. The van der Waals surface area contributed by atoms with Crippen LogP contribution in [0.4, 0.5) is 0 Å². The van der Waals surface area contributed by atoms with Crippen LogP contribution in [0, 0.1) is 0 Å². The van der Waals surface area contributed by atoms with Crippen molar-refractivity contribution in [3.05, 3.63) is 35.1 Å². The van der Waals surface area contributed by atoms with Crippen molar-refractivity contribution < 1.29 is 58.9 Å². The SMILES string of the molecule is C[C@H](OC(O)CCC(=O)OC1=CC[C@@]2(O)[C@H]3Cc4ccc(O)c5c4C2(CCN3C)[C@H]1O5)C(=O)N[C@H](CC(=O)O)C(=O)O. The van der Waals surface area contributed by atoms with Crippen LogP contribution in [0.2, 0.25) is 0 Å². The van der Waals surface area contributed by atoms with Crippen LogP contribution in [0.3, 0.4) is 0 Å². The van der Waals surface area contributed by atoms with Gasteiger partial charge in [-0.05, 0) is 51.1 Å². The minimum Gasteiger partial charge on any atom is -0.504 e. The molecule has 2 bridgehead atoms. The summed E-state index contributed by atoms with van der Waals surface area (Å²) in [7, 11) is 1.96. The van der Waals surface area contributed by atoms with Gasteiger partial charge < -0.3 is 50.0 Å². The molecule has 1 fully saturated rings. The third-order valence-corrected chi connectivity index (χ3v) is 8.90. The summed E-state index contributed by atoms with van der Waals surface area (Å²) in [6.45, 7) is 1.91. The van der Waals surface area contributed by atoms with E-state index < -0.39 is 65.8 Å². The first kappa shape index (κ1) is 29.8. The smallest absolute Gasteiger partial charge is 0.326 e. The molecular weight excluding hydrogens is 556 g/mol. The molecule has 5 rings (SSSR count). The van der Waals surface area contributed by atoms with E-state index in [4.69, 9.17) is 24.4 Å². The third kappa shape index (κ3) is 4.77. The average Bonchev–Trinajstić information content (AvgIpc) is 3.28. The minimum absolute atomic E-state index is 0.0565. The standard InChI is InChI=1S/C28H34N2O12/c1-13(25(36)29-15(26(37)38)12-19(32)33)40-20(34)5-6-21(35)41-17-7-8-28(39)18-11-14-3-4-16(31)23-22(14)27(28,24(17)42-23)9-10-30(18)2/h3-4,7,13,15,18,20,24,31,34,39H,5-6,8-12H2,1-2H3,(H,29,36)(H,32,33)(H,37,38)/t13-,15+,18+,20?,24-,27?,28+/m0/s1. The monoisotopic (exact) mass is 590 g/mol. The van der Waals surface area contributed by atoms with Gasteiger partial charge in [0.25, 0.3) is 0 Å². The van der Waals surface area contributed by atoms with E-state index in [-0.39, 0.29) is 42.6 Å². The Kier molecular flexibility index (Phi) is 7.68. The maximum absolute atomic E-state index is 12.8. The number of rotatable bonds is 11. The molecule has 0 saturated carbocycles. The molecule has 6 N–H and O–H groups in total. The lowest BCUT2D eigenvalue weighted by Gasteiger charge is -2.61. The molecule has 2 unspecified atom stereocenters. The van der Waals surface area contributed by atoms with E-state index in [1.165, 1.54) is 6.92 Å². The quantitative estimate of drug-likeness (QED) is 0.145. The first-order valence-electron chi connectivity index (χ1n) is 13.7. The van der Waals surface area contributed by atoms with Gasteiger partial charge in [-0.3, -0.25) is 14.4 Å². The van der Waals surface area contributed by atoms with E-state index in [0.717, 1.165) is 11.1 Å². The molecule has 2 aliphatic carbocycles. The van der Waals surface area contributed by atoms with E-state index in [2.05, 4.69) is 4.90 Å². The molecular formula is C28H34N2O12. The fraction of sp³-hybridized carbons (Fsp3) is 0.571. The van der Waals surface area contributed by atoms with E-state index >= 15 is 0 Å². The average molecular weight is 591 g/mol. The van der Waals surface area contributed by atoms with Crippen molar-refractivity contribution >= 4 is 23.8 Å². The summed E-state index contributed by atoms with van der Waals surface area (Å²) in [6.07, 6.45) is -2.27. The molecule has 228 valence electrons. The number of phenols is 1. The Morgan fingerprint density at radius 1 is 1.24 bits per heavy atom. The number of likely N-dealkylation sites (N-methyl/N-ethyl adjacent to an activating group) is 1. The van der Waals surface area contributed by atoms with Gasteiger partial charge in [0.2, 0.25) is 5.91 Å². The lowest BCUT2D eigenvalue weighted by molar-refractivity contribution is -0.172. The van der Waals surface area contributed by atoms with Gasteiger partial charge in [-0.25, -0.2) is 4.79 Å². The number of carbonyl (C=O) groups excluding carboxylic acids is 2. The molecule has 0 radical (unpaired) electrons. The number of likely N-dealkylation sites (tertiary alicyclic amines) is 1. The number of phenolic OH excluding ortho intramolecular Hbond substituents is 1. The number of ether oxygens (including phenoxy) is 3. The zero-order valence-electron chi connectivity index (χ0n) is 23.1. The molecule has 2 aliphatic heterocycles. The van der Waals surface area contributed by atoms with Gasteiger partial charge in [0.05, 0.1) is 23.9 Å². The van der Waals surface area contributed by atoms with Gasteiger partial charge in [-0.1, -0.05) is 6.07 Å². The number of carboxylic acids is 2. The molecule has 1 aromatic rings. The Hall–Kier alpha value is -3.72. The Morgan fingerprint density at radius 2 is 1.98 bits per heavy atom. The number of aromatic hydroxyl groups is 1. The Balaban J connectivity index is 1.23. The second-order valence-electron chi connectivity index (χ2n) is 11.3. The van der Waals surface area contributed by atoms with Crippen LogP contribution in [0.15, 0.2) is 24.0 Å². The molecule has 2 heterocycles. The molecule has 1 aromatic carbocycles. The molecule has 42 heavy (non-hydrogen) atoms. The topological polar surface area (TPSA) is 212 Å². The van der Waals surface area contributed by atoms with Crippen LogP contribution in [0.25, 0.3) is 0 Å². The molecule has 1 amide bonds. The number of carbonyl (C=O) groups is 4. The van der Waals surface area contributed by atoms with E-state index in [1.54, 1.807) is 12.1 Å². The fourth-order valence-corrected chi connectivity index (χ4v) is 6.89. The number of hydrogen-bond donors (Lipinski definition) is 6. The zero-order chi connectivity index (χ0) is 30.6. The predicted octanol–water partition coefficient (Wildman–Crippen LogP) is -0.239. The highest BCUT2D eigenvalue weighted by atomic mass is 16.6. The summed E-state index contributed by atoms with van der Waals surface area (Å²) < 4.78 is 17.1. The van der Waals surface area contributed by atoms with E-state index in [1.807, 2.05) is 18.4 Å². The van der Waals surface area contributed by atoms with Crippen molar-refractivity contribution in [2.75, 3.05) is 13.6 Å². The summed E-state index contributed by atoms with van der Waals surface area (Å²) in [5, 5.41) is 52.9. The van der Waals surface area contributed by atoms with Crippen LogP contribution in [0.5, 0.6) is 11.5 Å². The first-order valence-corrected chi connectivity index (χ1v) is 13.7. The summed E-state index contributed by atoms with van der Waals surface area (Å²) in [5.41, 5.74) is -0.408. The minimum atomic E-state index is -1.68. The third-order valence-electron chi connectivity index (χ3n) is 8.90. The molecule has 4 aliphatic rings. The zero-order valence-corrected chi connectivity index (χ0v) is 23.1. The number of benzene rings is 1. The molecule has 1 saturated heterocycles. The summed E-state index contributed by atoms with van der Waals surface area (Å²) >= 11 is 0. The summed E-state index contributed by atoms with van der Waals surface area (Å²) in [4.78, 5) is 49.2. The van der Waals surface area contributed by atoms with Gasteiger partial charge in [0.15, 0.2) is 23.9 Å². The number of aliphatic carboxylic acids is 2. The van der Waals surface area contributed by atoms with E-state index in [9.17, 15) is 34.5 Å². The largest absolute Gasteiger partial charge is 0.504 e. The van der Waals surface area contributed by atoms with Crippen molar-refractivity contribution in [3.63, 3.8) is 0 Å². The van der Waals surface area contributed by atoms with Crippen LogP contribution >= 0.6 is 0 Å². The van der Waals surface area contributed by atoms with Crippen LogP contribution < -0.4 is 10.1 Å². The van der Waals surface area contributed by atoms with Crippen molar-refractivity contribution in [2.45, 2.75) is 87.0 Å². The number of nitrogens with one attached hydrogen (secondary N) is 1.